The van der Waals surface area contributed by atoms with Crippen molar-refractivity contribution < 1.29 is 19.1 Å². The Morgan fingerprint density at radius 2 is 1.53 bits per heavy atom. The van der Waals surface area contributed by atoms with Crippen LogP contribution >= 0.6 is 0 Å². The summed E-state index contributed by atoms with van der Waals surface area (Å²) >= 11 is 0. The molecule has 2 rings (SSSR count). The molecule has 2 unspecified atom stereocenters. The van der Waals surface area contributed by atoms with Crippen LogP contribution in [0.1, 0.15) is 115 Å². The van der Waals surface area contributed by atoms with E-state index in [9.17, 15) is 14.4 Å². The summed E-state index contributed by atoms with van der Waals surface area (Å²) in [7, 11) is 0. The summed E-state index contributed by atoms with van der Waals surface area (Å²) in [6.45, 7) is 17.9. The molecule has 43 heavy (non-hydrogen) atoms. The molecule has 238 valence electrons. The zero-order valence-corrected chi connectivity index (χ0v) is 28.0. The molecule has 0 aliphatic rings. The number of alkyl carbamates (subject to hydrolysis) is 1. The minimum Gasteiger partial charge on any atom is -0.444 e. The van der Waals surface area contributed by atoms with Gasteiger partial charge < -0.3 is 20.3 Å². The molecule has 2 N–H and O–H groups in total. The van der Waals surface area contributed by atoms with Crippen LogP contribution in [0.5, 0.6) is 0 Å². The summed E-state index contributed by atoms with van der Waals surface area (Å²) in [5.41, 5.74) is 3.66. The number of para-hydroxylation sites is 1. The van der Waals surface area contributed by atoms with Gasteiger partial charge in [-0.1, -0.05) is 94.8 Å². The second-order valence-corrected chi connectivity index (χ2v) is 13.2. The summed E-state index contributed by atoms with van der Waals surface area (Å²) in [5, 5.41) is 5.97. The number of carbonyl (C=O) groups excluding carboxylic acids is 3. The standard InChI is InChI=1S/C36H55N3O4/c1-10-11-12-13-14-17-22-39(34(41)31(23-25(2)3)38-35(42)43-36(7,8)9)32(29-24-26(4)20-21-27(29)5)33(40)37-30-19-16-15-18-28(30)6/h15-16,18-21,24-25,31-32H,10-14,17,22-23H2,1-9H3,(H,37,40)(H,38,42). The van der Waals surface area contributed by atoms with E-state index >= 15 is 0 Å². The van der Waals surface area contributed by atoms with Gasteiger partial charge in [-0.15, -0.1) is 0 Å². The fraction of sp³-hybridized carbons (Fsp3) is 0.583. The Labute approximate surface area is 260 Å². The predicted molar refractivity (Wildman–Crippen MR) is 176 cm³/mol. The minimum atomic E-state index is -0.877. The highest BCUT2D eigenvalue weighted by molar-refractivity contribution is 5.99. The van der Waals surface area contributed by atoms with Crippen LogP contribution in [0.15, 0.2) is 42.5 Å². The third kappa shape index (κ3) is 12.0. The van der Waals surface area contributed by atoms with Gasteiger partial charge in [0.05, 0.1) is 0 Å². The van der Waals surface area contributed by atoms with Crippen molar-refractivity contribution in [1.29, 1.82) is 0 Å². The normalized spacial score (nSPS) is 12.9. The Morgan fingerprint density at radius 1 is 0.884 bits per heavy atom. The van der Waals surface area contributed by atoms with Gasteiger partial charge in [-0.2, -0.15) is 0 Å². The van der Waals surface area contributed by atoms with Crippen molar-refractivity contribution in [3.8, 4) is 0 Å². The van der Waals surface area contributed by atoms with Gasteiger partial charge in [0.1, 0.15) is 17.7 Å². The number of hydrogen-bond acceptors (Lipinski definition) is 4. The molecule has 0 heterocycles. The van der Waals surface area contributed by atoms with E-state index in [1.165, 1.54) is 6.42 Å². The van der Waals surface area contributed by atoms with Gasteiger partial charge in [0.25, 0.3) is 5.91 Å². The predicted octanol–water partition coefficient (Wildman–Crippen LogP) is 8.42. The molecular weight excluding hydrogens is 538 g/mol. The lowest BCUT2D eigenvalue weighted by Crippen LogP contribution is -2.53. The smallest absolute Gasteiger partial charge is 0.408 e. The lowest BCUT2D eigenvalue weighted by atomic mass is 9.94. The minimum absolute atomic E-state index is 0.125. The second-order valence-electron chi connectivity index (χ2n) is 13.2. The van der Waals surface area contributed by atoms with Crippen molar-refractivity contribution in [1.82, 2.24) is 10.2 Å². The average molecular weight is 594 g/mol. The molecule has 0 aliphatic heterocycles. The van der Waals surface area contributed by atoms with Gasteiger partial charge in [-0.05, 0) is 83.1 Å². The largest absolute Gasteiger partial charge is 0.444 e. The zero-order chi connectivity index (χ0) is 32.2. The number of unbranched alkanes of at least 4 members (excludes halogenated alkanes) is 5. The van der Waals surface area contributed by atoms with Crippen LogP contribution in [0.3, 0.4) is 0 Å². The van der Waals surface area contributed by atoms with E-state index < -0.39 is 23.8 Å². The number of aryl methyl sites for hydroxylation is 3. The maximum absolute atomic E-state index is 14.6. The van der Waals surface area contributed by atoms with Crippen LogP contribution in [-0.4, -0.2) is 41.0 Å². The summed E-state index contributed by atoms with van der Waals surface area (Å²) < 4.78 is 5.54. The quantitative estimate of drug-likeness (QED) is 0.203. The van der Waals surface area contributed by atoms with Gasteiger partial charge >= 0.3 is 6.09 Å². The molecule has 0 fully saturated rings. The van der Waals surface area contributed by atoms with Crippen molar-refractivity contribution in [2.45, 2.75) is 125 Å². The Kier molecular flexibility index (Phi) is 14.2. The number of anilines is 1. The third-order valence-corrected chi connectivity index (χ3v) is 7.42. The van der Waals surface area contributed by atoms with Crippen LogP contribution in [0.25, 0.3) is 0 Å². The van der Waals surface area contributed by atoms with E-state index in [4.69, 9.17) is 4.74 Å². The van der Waals surface area contributed by atoms with Crippen LogP contribution in [0.4, 0.5) is 10.5 Å². The van der Waals surface area contributed by atoms with Crippen molar-refractivity contribution in [2.24, 2.45) is 5.92 Å². The van der Waals surface area contributed by atoms with Crippen molar-refractivity contribution in [3.63, 3.8) is 0 Å². The Balaban J connectivity index is 2.58. The first-order valence-electron chi connectivity index (χ1n) is 16.0. The van der Waals surface area contributed by atoms with Crippen molar-refractivity contribution >= 4 is 23.6 Å². The van der Waals surface area contributed by atoms with Crippen molar-refractivity contribution in [3.05, 3.63) is 64.7 Å². The maximum atomic E-state index is 14.6. The molecule has 2 atom stereocenters. The van der Waals surface area contributed by atoms with Gasteiger partial charge in [-0.3, -0.25) is 9.59 Å². The van der Waals surface area contributed by atoms with E-state index in [-0.39, 0.29) is 17.7 Å². The Morgan fingerprint density at radius 3 is 2.16 bits per heavy atom. The third-order valence-electron chi connectivity index (χ3n) is 7.42. The van der Waals surface area contributed by atoms with E-state index in [1.807, 2.05) is 77.1 Å². The van der Waals surface area contributed by atoms with Crippen LogP contribution in [0, 0.1) is 26.7 Å². The monoisotopic (exact) mass is 593 g/mol. The molecule has 7 nitrogen and oxygen atoms in total. The number of ether oxygens (including phenoxy) is 1. The highest BCUT2D eigenvalue weighted by atomic mass is 16.6. The second kappa shape index (κ2) is 17.1. The highest BCUT2D eigenvalue weighted by Crippen LogP contribution is 2.30. The fourth-order valence-electron chi connectivity index (χ4n) is 5.19. The van der Waals surface area contributed by atoms with E-state index in [0.29, 0.717) is 18.7 Å². The molecule has 7 heteroatoms. The summed E-state index contributed by atoms with van der Waals surface area (Å²) in [4.78, 5) is 43.4. The SMILES string of the molecule is CCCCCCCCN(C(=O)C(CC(C)C)NC(=O)OC(C)(C)C)C(C(=O)Nc1ccccc1C)c1cc(C)ccc1C. The number of carbonyl (C=O) groups is 3. The van der Waals surface area contributed by atoms with Gasteiger partial charge in [0.2, 0.25) is 5.91 Å². The number of hydrogen-bond donors (Lipinski definition) is 2. The molecule has 0 aromatic heterocycles. The first-order valence-corrected chi connectivity index (χ1v) is 16.0. The van der Waals surface area contributed by atoms with E-state index in [1.54, 1.807) is 25.7 Å². The number of amides is 3. The molecule has 2 aromatic rings. The molecule has 3 amide bonds. The van der Waals surface area contributed by atoms with Gasteiger partial charge in [0.15, 0.2) is 0 Å². The molecule has 0 spiro atoms. The average Bonchev–Trinajstić information content (AvgIpc) is 2.90. The Bertz CT molecular complexity index is 1200. The van der Waals surface area contributed by atoms with Gasteiger partial charge in [-0.25, -0.2) is 4.79 Å². The highest BCUT2D eigenvalue weighted by Gasteiger charge is 2.37. The zero-order valence-electron chi connectivity index (χ0n) is 28.0. The molecule has 0 aliphatic carbocycles. The molecule has 2 aromatic carbocycles. The van der Waals surface area contributed by atoms with E-state index in [0.717, 1.165) is 54.4 Å². The van der Waals surface area contributed by atoms with E-state index in [2.05, 4.69) is 17.6 Å². The lowest BCUT2D eigenvalue weighted by Gasteiger charge is -2.36. The first-order chi connectivity index (χ1) is 20.2. The van der Waals surface area contributed by atoms with Gasteiger partial charge in [0, 0.05) is 12.2 Å². The molecule has 0 saturated heterocycles. The number of nitrogens with one attached hydrogen (secondary N) is 2. The number of benzene rings is 2. The number of nitrogens with zero attached hydrogens (tertiary/aromatic N) is 1. The molecule has 0 saturated carbocycles. The topological polar surface area (TPSA) is 87.7 Å². The molecule has 0 bridgehead atoms. The summed E-state index contributed by atoms with van der Waals surface area (Å²) in [6.07, 6.45) is 6.06. The molecular formula is C36H55N3O4. The Hall–Kier alpha value is -3.35. The molecule has 0 radical (unpaired) electrons. The first kappa shape index (κ1) is 35.8. The van der Waals surface area contributed by atoms with Crippen LogP contribution in [0.2, 0.25) is 0 Å². The van der Waals surface area contributed by atoms with Crippen LogP contribution in [-0.2, 0) is 14.3 Å². The maximum Gasteiger partial charge on any atom is 0.408 e. The lowest BCUT2D eigenvalue weighted by molar-refractivity contribution is -0.141. The van der Waals surface area contributed by atoms with Crippen molar-refractivity contribution in [2.75, 3.05) is 11.9 Å². The summed E-state index contributed by atoms with van der Waals surface area (Å²) in [5.74, 6) is -0.429. The number of rotatable bonds is 15. The fourth-order valence-corrected chi connectivity index (χ4v) is 5.19. The summed E-state index contributed by atoms with van der Waals surface area (Å²) in [6, 6.07) is 11.9. The van der Waals surface area contributed by atoms with Crippen LogP contribution < -0.4 is 10.6 Å².